The summed E-state index contributed by atoms with van der Waals surface area (Å²) in [7, 11) is -3.48. The van der Waals surface area contributed by atoms with Gasteiger partial charge in [0.15, 0.2) is 9.84 Å². The van der Waals surface area contributed by atoms with Crippen LogP contribution in [-0.2, 0) is 26.8 Å². The Morgan fingerprint density at radius 1 is 1.12 bits per heavy atom. The largest absolute Gasteiger partial charge is 0.423 e. The molecular weight excluding hydrogens is 596 g/mol. The zero-order valence-electron chi connectivity index (χ0n) is 16.7. The highest BCUT2D eigenvalue weighted by molar-refractivity contribution is 9.10. The number of aliphatic hydroxyl groups is 1. The van der Waals surface area contributed by atoms with Crippen LogP contribution in [0.1, 0.15) is 11.1 Å². The van der Waals surface area contributed by atoms with E-state index in [2.05, 4.69) is 26.6 Å². The number of sulfone groups is 1. The molecule has 0 unspecified atom stereocenters. The molecule has 0 saturated carbocycles. The Kier molecular flexibility index (Phi) is 8.97. The van der Waals surface area contributed by atoms with Crippen molar-refractivity contribution in [3.63, 3.8) is 0 Å². The topological polar surface area (TPSA) is 95.5 Å². The smallest absolute Gasteiger partial charge is 0.381 e. The van der Waals surface area contributed by atoms with Crippen LogP contribution in [0, 0.1) is 0 Å². The molecule has 0 bridgehead atoms. The van der Waals surface area contributed by atoms with Crippen molar-refractivity contribution in [2.75, 3.05) is 23.9 Å². The zero-order valence-corrected chi connectivity index (χ0v) is 21.4. The molecular formula is C19H17BrCl3F3N2O4S. The van der Waals surface area contributed by atoms with Crippen LogP contribution >= 0.6 is 50.7 Å². The van der Waals surface area contributed by atoms with Crippen LogP contribution in [0.3, 0.4) is 0 Å². The summed E-state index contributed by atoms with van der Waals surface area (Å²) >= 11 is 20.7. The molecule has 33 heavy (non-hydrogen) atoms. The second-order valence-corrected chi connectivity index (χ2v) is 11.3. The van der Waals surface area contributed by atoms with Gasteiger partial charge >= 0.3 is 6.18 Å². The van der Waals surface area contributed by atoms with Gasteiger partial charge in [0.25, 0.3) is 0 Å². The number of rotatable bonds is 8. The molecule has 182 valence electrons. The fraction of sp³-hybridized carbons (Fsp3) is 0.316. The highest BCUT2D eigenvalue weighted by Crippen LogP contribution is 2.43. The molecule has 1 amide bonds. The average molecular weight is 613 g/mol. The first-order valence-electron chi connectivity index (χ1n) is 8.94. The third kappa shape index (κ3) is 7.37. The number of amides is 1. The summed E-state index contributed by atoms with van der Waals surface area (Å²) in [5.41, 5.74) is -3.16. The van der Waals surface area contributed by atoms with Gasteiger partial charge < -0.3 is 15.7 Å². The maximum atomic E-state index is 13.8. The van der Waals surface area contributed by atoms with Crippen molar-refractivity contribution in [2.24, 2.45) is 0 Å². The number of benzene rings is 2. The van der Waals surface area contributed by atoms with E-state index in [9.17, 15) is 31.5 Å². The van der Waals surface area contributed by atoms with Crippen LogP contribution in [0.15, 0.2) is 34.8 Å². The lowest BCUT2D eigenvalue weighted by Gasteiger charge is -2.32. The molecule has 2 aromatic carbocycles. The highest BCUT2D eigenvalue weighted by atomic mass is 79.9. The Morgan fingerprint density at radius 3 is 2.18 bits per heavy atom. The lowest BCUT2D eigenvalue weighted by molar-refractivity contribution is -0.260. The van der Waals surface area contributed by atoms with Crippen LogP contribution in [0.4, 0.5) is 18.9 Å². The monoisotopic (exact) mass is 610 g/mol. The summed E-state index contributed by atoms with van der Waals surface area (Å²) in [4.78, 5) is 11.6. The summed E-state index contributed by atoms with van der Waals surface area (Å²) in [6.45, 7) is -0.981. The van der Waals surface area contributed by atoms with Crippen molar-refractivity contribution in [2.45, 2.75) is 18.3 Å². The second-order valence-electron chi connectivity index (χ2n) is 7.12. The van der Waals surface area contributed by atoms with Crippen LogP contribution in [-0.4, -0.2) is 44.2 Å². The van der Waals surface area contributed by atoms with Gasteiger partial charge in [-0.2, -0.15) is 13.2 Å². The van der Waals surface area contributed by atoms with Crippen molar-refractivity contribution < 1.29 is 31.5 Å². The Balaban J connectivity index is 2.19. The summed E-state index contributed by atoms with van der Waals surface area (Å²) < 4.78 is 64.1. The van der Waals surface area contributed by atoms with E-state index in [0.717, 1.165) is 18.4 Å². The summed E-state index contributed by atoms with van der Waals surface area (Å²) in [6, 6.07) is 6.17. The highest BCUT2D eigenvalue weighted by Gasteiger charge is 2.55. The fourth-order valence-electron chi connectivity index (χ4n) is 2.67. The molecule has 0 aromatic heterocycles. The summed E-state index contributed by atoms with van der Waals surface area (Å²) in [6.07, 6.45) is -4.15. The minimum Gasteiger partial charge on any atom is -0.381 e. The van der Waals surface area contributed by atoms with E-state index in [1.807, 2.05) is 0 Å². The summed E-state index contributed by atoms with van der Waals surface area (Å²) in [5, 5.41) is 14.9. The molecule has 0 aliphatic rings. The van der Waals surface area contributed by atoms with E-state index in [4.69, 9.17) is 34.8 Å². The molecule has 0 saturated heterocycles. The van der Waals surface area contributed by atoms with Gasteiger partial charge in [0, 0.05) is 23.0 Å². The van der Waals surface area contributed by atoms with E-state index in [-0.39, 0.29) is 27.3 Å². The maximum absolute atomic E-state index is 13.8. The molecule has 0 aliphatic heterocycles. The van der Waals surface area contributed by atoms with E-state index in [1.165, 1.54) is 18.2 Å². The molecule has 0 fully saturated rings. The van der Waals surface area contributed by atoms with Crippen molar-refractivity contribution >= 4 is 72.2 Å². The van der Waals surface area contributed by atoms with Gasteiger partial charge in [0.05, 0.1) is 21.6 Å². The van der Waals surface area contributed by atoms with Gasteiger partial charge in [-0.1, -0.05) is 56.8 Å². The Hall–Kier alpha value is -1.24. The first kappa shape index (κ1) is 28.0. The molecule has 2 aromatic rings. The standard InChI is InChI=1S/C19H17BrCl3F3N2O4S/c1-33(31,32)8-16(29)27-7-10-2-3-12(6-13(10)20)28-9-18(30,19(24,25)26)11-4-14(21)17(23)15(22)5-11/h2-6,28,30H,7-9H2,1H3,(H,27,29)/t18-/m0/s1. The van der Waals surface area contributed by atoms with Crippen LogP contribution in [0.2, 0.25) is 15.1 Å². The van der Waals surface area contributed by atoms with Crippen LogP contribution in [0.5, 0.6) is 0 Å². The normalized spacial score (nSPS) is 14.0. The maximum Gasteiger partial charge on any atom is 0.423 e. The Bertz CT molecular complexity index is 1140. The van der Waals surface area contributed by atoms with Gasteiger partial charge in [0.2, 0.25) is 11.5 Å². The van der Waals surface area contributed by atoms with Crippen molar-refractivity contribution in [1.29, 1.82) is 0 Å². The van der Waals surface area contributed by atoms with E-state index >= 15 is 0 Å². The molecule has 0 aliphatic carbocycles. The molecule has 0 radical (unpaired) electrons. The molecule has 0 heterocycles. The SMILES string of the molecule is CS(=O)(=O)CC(=O)NCc1ccc(NC[C@](O)(c2cc(Cl)c(Cl)c(Cl)c2)C(F)(F)F)cc1Br. The Labute approximate surface area is 211 Å². The van der Waals surface area contributed by atoms with Crippen LogP contribution < -0.4 is 10.6 Å². The number of alkyl halides is 3. The number of halogens is 7. The molecule has 2 rings (SSSR count). The second kappa shape index (κ2) is 10.6. The quantitative estimate of drug-likeness (QED) is 0.368. The van der Waals surface area contributed by atoms with Crippen LogP contribution in [0.25, 0.3) is 0 Å². The van der Waals surface area contributed by atoms with E-state index in [0.29, 0.717) is 10.0 Å². The first-order valence-corrected chi connectivity index (χ1v) is 12.9. The number of nitrogens with one attached hydrogen (secondary N) is 2. The molecule has 14 heteroatoms. The predicted molar refractivity (Wildman–Crippen MR) is 126 cm³/mol. The van der Waals surface area contributed by atoms with Gasteiger partial charge in [-0.3, -0.25) is 4.79 Å². The zero-order chi connectivity index (χ0) is 25.2. The van der Waals surface area contributed by atoms with Gasteiger partial charge in [-0.25, -0.2) is 8.42 Å². The Morgan fingerprint density at radius 2 is 1.70 bits per heavy atom. The number of hydrogen-bond acceptors (Lipinski definition) is 5. The van der Waals surface area contributed by atoms with Crippen molar-refractivity contribution in [3.8, 4) is 0 Å². The van der Waals surface area contributed by atoms with E-state index < -0.39 is 45.4 Å². The van der Waals surface area contributed by atoms with Gasteiger partial charge in [-0.15, -0.1) is 0 Å². The molecule has 0 spiro atoms. The predicted octanol–water partition coefficient (Wildman–Crippen LogP) is 4.93. The van der Waals surface area contributed by atoms with Gasteiger partial charge in [-0.05, 0) is 35.4 Å². The molecule has 6 nitrogen and oxygen atoms in total. The molecule has 3 N–H and O–H groups in total. The minimum atomic E-state index is -5.08. The average Bonchev–Trinajstić information content (AvgIpc) is 2.66. The lowest BCUT2D eigenvalue weighted by atomic mass is 9.92. The number of hydrogen-bond donors (Lipinski definition) is 3. The van der Waals surface area contributed by atoms with Crippen molar-refractivity contribution in [1.82, 2.24) is 5.32 Å². The summed E-state index contributed by atoms with van der Waals surface area (Å²) in [5.74, 6) is -1.36. The number of carbonyl (C=O) groups excluding carboxylic acids is 1. The number of carbonyl (C=O) groups is 1. The number of anilines is 1. The van der Waals surface area contributed by atoms with Gasteiger partial charge in [0.1, 0.15) is 5.75 Å². The fourth-order valence-corrected chi connectivity index (χ4v) is 4.37. The van der Waals surface area contributed by atoms with E-state index in [1.54, 1.807) is 0 Å². The van der Waals surface area contributed by atoms with Crippen molar-refractivity contribution in [3.05, 3.63) is 61.0 Å². The third-order valence-electron chi connectivity index (χ3n) is 4.40. The lowest BCUT2D eigenvalue weighted by Crippen LogP contribution is -2.47. The third-order valence-corrected chi connectivity index (χ3v) is 7.12. The minimum absolute atomic E-state index is 0.0104. The molecule has 1 atom stereocenters. The first-order chi connectivity index (χ1) is 15.0.